The zero-order valence-corrected chi connectivity index (χ0v) is 13.8. The fraction of sp³-hybridized carbons (Fsp3) is 0.118. The summed E-state index contributed by atoms with van der Waals surface area (Å²) in [5.41, 5.74) is 0.906. The summed E-state index contributed by atoms with van der Waals surface area (Å²) in [5.74, 6) is -0.423. The minimum Gasteiger partial charge on any atom is -0.296 e. The third kappa shape index (κ3) is 4.03. The van der Waals surface area contributed by atoms with E-state index in [-0.39, 0.29) is 5.69 Å². The van der Waals surface area contributed by atoms with Crippen LogP contribution >= 0.6 is 11.3 Å². The number of rotatable bonds is 3. The minimum absolute atomic E-state index is 0.246. The van der Waals surface area contributed by atoms with Gasteiger partial charge in [0.25, 0.3) is 5.91 Å². The first-order valence-electron chi connectivity index (χ1n) is 7.21. The van der Waals surface area contributed by atoms with Gasteiger partial charge in [-0.1, -0.05) is 18.2 Å². The number of thiazole rings is 1. The smallest absolute Gasteiger partial charge is 0.296 e. The Morgan fingerprint density at radius 2 is 1.88 bits per heavy atom. The third-order valence-electron chi connectivity index (χ3n) is 3.33. The van der Waals surface area contributed by atoms with Crippen LogP contribution in [0.4, 0.5) is 18.3 Å². The minimum atomic E-state index is -4.42. The van der Waals surface area contributed by atoms with Crippen LogP contribution in [0.3, 0.4) is 0 Å². The fourth-order valence-electron chi connectivity index (χ4n) is 2.15. The highest BCUT2D eigenvalue weighted by Crippen LogP contribution is 2.33. The summed E-state index contributed by atoms with van der Waals surface area (Å²) in [6.07, 6.45) is -4.42. The third-order valence-corrected chi connectivity index (χ3v) is 4.09. The summed E-state index contributed by atoms with van der Waals surface area (Å²) in [7, 11) is 0. The number of halogens is 3. The molecule has 1 N–H and O–H groups in total. The SMILES string of the molecule is Cc1cccc(C(=O)Nc2nc(-c3cccc(C(F)(F)F)c3)cs2)n1. The molecule has 8 heteroatoms. The van der Waals surface area contributed by atoms with Crippen LogP contribution in [0.1, 0.15) is 21.7 Å². The van der Waals surface area contributed by atoms with Crippen LogP contribution in [-0.2, 0) is 6.18 Å². The Balaban J connectivity index is 1.80. The lowest BCUT2D eigenvalue weighted by atomic mass is 10.1. The molecule has 2 heterocycles. The Kier molecular flexibility index (Phi) is 4.54. The number of pyridine rings is 1. The molecular formula is C17H12F3N3OS. The first-order chi connectivity index (χ1) is 11.8. The average Bonchev–Trinajstić information content (AvgIpc) is 3.03. The molecule has 0 saturated heterocycles. The molecule has 2 aromatic heterocycles. The van der Waals surface area contributed by atoms with Gasteiger partial charge in [-0.3, -0.25) is 10.1 Å². The number of hydrogen-bond donors (Lipinski definition) is 1. The zero-order chi connectivity index (χ0) is 18.0. The molecule has 0 unspecified atom stereocenters. The summed E-state index contributed by atoms with van der Waals surface area (Å²) >= 11 is 1.13. The van der Waals surface area contributed by atoms with E-state index in [0.29, 0.717) is 22.1 Å². The van der Waals surface area contributed by atoms with E-state index in [2.05, 4.69) is 15.3 Å². The summed E-state index contributed by atoms with van der Waals surface area (Å²) in [6, 6.07) is 9.96. The molecule has 1 aromatic carbocycles. The Labute approximate surface area is 145 Å². The molecule has 0 bridgehead atoms. The highest BCUT2D eigenvalue weighted by Gasteiger charge is 2.30. The van der Waals surface area contributed by atoms with E-state index in [0.717, 1.165) is 23.5 Å². The lowest BCUT2D eigenvalue weighted by Gasteiger charge is -2.07. The highest BCUT2D eigenvalue weighted by atomic mass is 32.1. The number of benzene rings is 1. The molecule has 1 amide bonds. The maximum atomic E-state index is 12.8. The molecule has 0 aliphatic carbocycles. The van der Waals surface area contributed by atoms with Crippen molar-refractivity contribution in [2.75, 3.05) is 5.32 Å². The number of aromatic nitrogens is 2. The highest BCUT2D eigenvalue weighted by molar-refractivity contribution is 7.14. The first-order valence-corrected chi connectivity index (χ1v) is 8.09. The largest absolute Gasteiger partial charge is 0.416 e. The van der Waals surface area contributed by atoms with Gasteiger partial charge in [0, 0.05) is 16.6 Å². The van der Waals surface area contributed by atoms with Crippen molar-refractivity contribution in [3.63, 3.8) is 0 Å². The number of nitrogens with zero attached hydrogens (tertiary/aromatic N) is 2. The van der Waals surface area contributed by atoms with E-state index in [1.165, 1.54) is 12.1 Å². The maximum absolute atomic E-state index is 12.8. The number of carbonyl (C=O) groups is 1. The lowest BCUT2D eigenvalue weighted by molar-refractivity contribution is -0.137. The van der Waals surface area contributed by atoms with Crippen LogP contribution in [0.15, 0.2) is 47.8 Å². The van der Waals surface area contributed by atoms with E-state index in [4.69, 9.17) is 0 Å². The van der Waals surface area contributed by atoms with E-state index in [1.54, 1.807) is 30.5 Å². The van der Waals surface area contributed by atoms with Crippen molar-refractivity contribution in [3.05, 3.63) is 64.8 Å². The number of anilines is 1. The second-order valence-corrected chi connectivity index (χ2v) is 6.09. The van der Waals surface area contributed by atoms with Crippen molar-refractivity contribution >= 4 is 22.4 Å². The van der Waals surface area contributed by atoms with Gasteiger partial charge >= 0.3 is 6.18 Å². The quantitative estimate of drug-likeness (QED) is 0.728. The van der Waals surface area contributed by atoms with Gasteiger partial charge in [-0.05, 0) is 31.2 Å². The number of nitrogens with one attached hydrogen (secondary N) is 1. The van der Waals surface area contributed by atoms with Gasteiger partial charge in [0.05, 0.1) is 11.3 Å². The average molecular weight is 363 g/mol. The molecule has 0 saturated carbocycles. The van der Waals surface area contributed by atoms with Gasteiger partial charge in [0.15, 0.2) is 5.13 Å². The molecule has 0 atom stereocenters. The molecule has 0 aliphatic rings. The molecule has 0 spiro atoms. The van der Waals surface area contributed by atoms with Gasteiger partial charge in [0.1, 0.15) is 5.69 Å². The molecule has 25 heavy (non-hydrogen) atoms. The molecule has 3 aromatic rings. The number of alkyl halides is 3. The summed E-state index contributed by atoms with van der Waals surface area (Å²) in [6.45, 7) is 1.77. The topological polar surface area (TPSA) is 54.9 Å². The van der Waals surface area contributed by atoms with Gasteiger partial charge in [0.2, 0.25) is 0 Å². The molecule has 128 valence electrons. The monoisotopic (exact) mass is 363 g/mol. The summed E-state index contributed by atoms with van der Waals surface area (Å²) in [4.78, 5) is 20.4. The van der Waals surface area contributed by atoms with Crippen LogP contribution < -0.4 is 5.32 Å². The number of aryl methyl sites for hydroxylation is 1. The molecular weight excluding hydrogens is 351 g/mol. The van der Waals surface area contributed by atoms with Crippen molar-refractivity contribution in [3.8, 4) is 11.3 Å². The van der Waals surface area contributed by atoms with E-state index in [9.17, 15) is 18.0 Å². The van der Waals surface area contributed by atoms with Crippen molar-refractivity contribution in [1.29, 1.82) is 0 Å². The predicted octanol–water partition coefficient (Wildman–Crippen LogP) is 4.78. The lowest BCUT2D eigenvalue weighted by Crippen LogP contribution is -2.13. The van der Waals surface area contributed by atoms with Crippen LogP contribution in [0.5, 0.6) is 0 Å². The van der Waals surface area contributed by atoms with Crippen molar-refractivity contribution in [2.24, 2.45) is 0 Å². The van der Waals surface area contributed by atoms with Gasteiger partial charge < -0.3 is 0 Å². The van der Waals surface area contributed by atoms with Crippen LogP contribution in [0.25, 0.3) is 11.3 Å². The van der Waals surface area contributed by atoms with Crippen molar-refractivity contribution < 1.29 is 18.0 Å². The Morgan fingerprint density at radius 1 is 1.12 bits per heavy atom. The second kappa shape index (κ2) is 6.64. The van der Waals surface area contributed by atoms with E-state index < -0.39 is 17.6 Å². The molecule has 4 nitrogen and oxygen atoms in total. The Morgan fingerprint density at radius 3 is 2.60 bits per heavy atom. The van der Waals surface area contributed by atoms with Crippen molar-refractivity contribution in [2.45, 2.75) is 13.1 Å². The molecule has 0 radical (unpaired) electrons. The predicted molar refractivity (Wildman–Crippen MR) is 89.5 cm³/mol. The Bertz CT molecular complexity index is 921. The summed E-state index contributed by atoms with van der Waals surface area (Å²) in [5, 5.41) is 4.49. The standard InChI is InChI=1S/C17H12F3N3OS/c1-10-4-2-7-13(21-10)15(24)23-16-22-14(9-25-16)11-5-3-6-12(8-11)17(18,19)20/h2-9H,1H3,(H,22,23,24). The van der Waals surface area contributed by atoms with E-state index >= 15 is 0 Å². The summed E-state index contributed by atoms with van der Waals surface area (Å²) < 4.78 is 38.4. The number of carbonyl (C=O) groups excluding carboxylic acids is 1. The maximum Gasteiger partial charge on any atom is 0.416 e. The number of amides is 1. The van der Waals surface area contributed by atoms with Gasteiger partial charge in [-0.2, -0.15) is 13.2 Å². The van der Waals surface area contributed by atoms with Crippen LogP contribution in [0, 0.1) is 6.92 Å². The number of hydrogen-bond acceptors (Lipinski definition) is 4. The Hall–Kier alpha value is -2.74. The molecule has 0 aliphatic heterocycles. The molecule has 3 rings (SSSR count). The van der Waals surface area contributed by atoms with Gasteiger partial charge in [-0.25, -0.2) is 9.97 Å². The van der Waals surface area contributed by atoms with E-state index in [1.807, 2.05) is 0 Å². The second-order valence-electron chi connectivity index (χ2n) is 5.23. The van der Waals surface area contributed by atoms with Gasteiger partial charge in [-0.15, -0.1) is 11.3 Å². The molecule has 0 fully saturated rings. The van der Waals surface area contributed by atoms with Crippen LogP contribution in [-0.4, -0.2) is 15.9 Å². The first kappa shape index (κ1) is 17.1. The normalized spacial score (nSPS) is 11.4. The van der Waals surface area contributed by atoms with Crippen LogP contribution in [0.2, 0.25) is 0 Å². The fourth-order valence-corrected chi connectivity index (χ4v) is 2.86. The van der Waals surface area contributed by atoms with Crippen molar-refractivity contribution in [1.82, 2.24) is 9.97 Å². The zero-order valence-electron chi connectivity index (χ0n) is 13.0.